The number of thioether (sulfide) groups is 1. The Morgan fingerprint density at radius 3 is 2.94 bits per heavy atom. The molecule has 1 aliphatic heterocycles. The molecule has 1 aromatic rings. The van der Waals surface area contributed by atoms with Crippen molar-refractivity contribution in [3.8, 4) is 0 Å². The Hall–Kier alpha value is -1.27. The van der Waals surface area contributed by atoms with Gasteiger partial charge in [-0.2, -0.15) is 0 Å². The summed E-state index contributed by atoms with van der Waals surface area (Å²) >= 11 is 1.72. The van der Waals surface area contributed by atoms with E-state index >= 15 is 0 Å². The Bertz CT molecular complexity index is 435. The quantitative estimate of drug-likeness (QED) is 0.371. The van der Waals surface area contributed by atoms with Gasteiger partial charge in [-0.3, -0.25) is 0 Å². The maximum atomic E-state index is 13.1. The second-order valence-electron chi connectivity index (χ2n) is 3.76. The van der Waals surface area contributed by atoms with Crippen LogP contribution in [-0.2, 0) is 10.5 Å². The number of benzene rings is 1. The molecule has 2 rings (SSSR count). The summed E-state index contributed by atoms with van der Waals surface area (Å²) in [5, 5.41) is 12.1. The normalized spacial score (nSPS) is 16.9. The average molecular weight is 256 g/mol. The lowest BCUT2D eigenvalue weighted by molar-refractivity contribution is 0.0455. The molecule has 0 saturated carbocycles. The highest BCUT2D eigenvalue weighted by molar-refractivity contribution is 7.99. The first-order valence-corrected chi connectivity index (χ1v) is 6.21. The summed E-state index contributed by atoms with van der Waals surface area (Å²) in [6.07, 6.45) is 0. The zero-order valence-electron chi connectivity index (χ0n) is 9.10. The molecule has 17 heavy (non-hydrogen) atoms. The van der Waals surface area contributed by atoms with Gasteiger partial charge in [0.1, 0.15) is 5.82 Å². The van der Waals surface area contributed by atoms with Gasteiger partial charge in [-0.15, -0.1) is 11.8 Å². The molecule has 0 amide bonds. The second kappa shape index (κ2) is 5.37. The molecule has 0 radical (unpaired) electrons. The van der Waals surface area contributed by atoms with Gasteiger partial charge in [-0.25, -0.2) is 4.39 Å². The van der Waals surface area contributed by atoms with Crippen LogP contribution in [0.25, 0.3) is 0 Å². The van der Waals surface area contributed by atoms with Crippen molar-refractivity contribution in [1.29, 1.82) is 0 Å². The number of ether oxygens (including phenoxy) is 1. The third-order valence-electron chi connectivity index (χ3n) is 2.54. The van der Waals surface area contributed by atoms with Crippen molar-refractivity contribution in [1.82, 2.24) is 0 Å². The summed E-state index contributed by atoms with van der Waals surface area (Å²) < 4.78 is 18.2. The number of nitrogens with zero attached hydrogens (tertiary/aromatic N) is 1. The van der Waals surface area contributed by atoms with E-state index in [-0.39, 0.29) is 5.84 Å². The average Bonchev–Trinajstić information content (AvgIpc) is 2.27. The fourth-order valence-corrected chi connectivity index (χ4v) is 2.54. The number of rotatable bonds is 4. The van der Waals surface area contributed by atoms with Gasteiger partial charge < -0.3 is 15.7 Å². The minimum absolute atomic E-state index is 0.0649. The van der Waals surface area contributed by atoms with Crippen LogP contribution in [0.15, 0.2) is 23.4 Å². The minimum atomic E-state index is -0.396. The van der Waals surface area contributed by atoms with Crippen LogP contribution < -0.4 is 5.73 Å². The van der Waals surface area contributed by atoms with Gasteiger partial charge in [0, 0.05) is 11.3 Å². The van der Waals surface area contributed by atoms with Crippen molar-refractivity contribution >= 4 is 17.6 Å². The van der Waals surface area contributed by atoms with Crippen LogP contribution >= 0.6 is 11.8 Å². The zero-order valence-corrected chi connectivity index (χ0v) is 9.91. The lowest BCUT2D eigenvalue weighted by Gasteiger charge is -2.25. The van der Waals surface area contributed by atoms with Crippen LogP contribution in [0.5, 0.6) is 0 Å². The predicted octanol–water partition coefficient (Wildman–Crippen LogP) is 1.55. The van der Waals surface area contributed by atoms with Crippen LogP contribution in [0.1, 0.15) is 11.1 Å². The third-order valence-corrected chi connectivity index (χ3v) is 3.76. The Morgan fingerprint density at radius 2 is 2.35 bits per heavy atom. The van der Waals surface area contributed by atoms with Gasteiger partial charge in [-0.1, -0.05) is 11.2 Å². The first-order valence-electron chi connectivity index (χ1n) is 5.16. The lowest BCUT2D eigenvalue weighted by atomic mass is 10.1. The number of amidine groups is 1. The van der Waals surface area contributed by atoms with Crippen molar-refractivity contribution in [3.63, 3.8) is 0 Å². The number of hydrogen-bond acceptors (Lipinski definition) is 4. The Morgan fingerprint density at radius 1 is 1.59 bits per heavy atom. The molecule has 0 aromatic heterocycles. The van der Waals surface area contributed by atoms with Crippen molar-refractivity contribution in [2.24, 2.45) is 10.9 Å². The van der Waals surface area contributed by atoms with Crippen LogP contribution in [0.3, 0.4) is 0 Å². The molecule has 0 aliphatic carbocycles. The number of nitrogens with two attached hydrogens (primary N) is 1. The maximum absolute atomic E-state index is 13.1. The fourth-order valence-electron chi connectivity index (χ4n) is 1.48. The summed E-state index contributed by atoms with van der Waals surface area (Å²) in [6.45, 7) is 1.51. The molecule has 0 bridgehead atoms. The zero-order chi connectivity index (χ0) is 12.3. The molecule has 1 aromatic carbocycles. The van der Waals surface area contributed by atoms with Gasteiger partial charge in [0.15, 0.2) is 5.84 Å². The minimum Gasteiger partial charge on any atom is -0.409 e. The molecule has 0 atom stereocenters. The Balaban J connectivity index is 2.13. The molecule has 92 valence electrons. The van der Waals surface area contributed by atoms with Crippen LogP contribution in [-0.4, -0.2) is 29.5 Å². The lowest BCUT2D eigenvalue weighted by Crippen LogP contribution is -2.30. The van der Waals surface area contributed by atoms with E-state index in [1.165, 1.54) is 12.1 Å². The fraction of sp³-hybridized carbons (Fsp3) is 0.364. The van der Waals surface area contributed by atoms with E-state index in [1.54, 1.807) is 17.8 Å². The molecule has 1 fully saturated rings. The van der Waals surface area contributed by atoms with E-state index < -0.39 is 5.82 Å². The maximum Gasteiger partial charge on any atom is 0.170 e. The monoisotopic (exact) mass is 256 g/mol. The standard InChI is InChI=1S/C11H13FN2O2S/c12-8-2-1-7(6-17-9-4-16-5-9)10(3-8)11(13)14-15/h1-3,9,15H,4-6H2,(H2,13,14). The first-order chi connectivity index (χ1) is 8.20. The molecule has 1 aliphatic rings. The van der Waals surface area contributed by atoms with Crippen LogP contribution in [0, 0.1) is 5.82 Å². The molecule has 4 nitrogen and oxygen atoms in total. The highest BCUT2D eigenvalue weighted by Crippen LogP contribution is 2.25. The van der Waals surface area contributed by atoms with Gasteiger partial charge in [-0.05, 0) is 17.7 Å². The highest BCUT2D eigenvalue weighted by Gasteiger charge is 2.19. The van der Waals surface area contributed by atoms with Crippen LogP contribution in [0.2, 0.25) is 0 Å². The summed E-state index contributed by atoms with van der Waals surface area (Å²) in [4.78, 5) is 0. The molecule has 3 N–H and O–H groups in total. The topological polar surface area (TPSA) is 67.8 Å². The summed E-state index contributed by atoms with van der Waals surface area (Å²) in [5.41, 5.74) is 6.82. The van der Waals surface area contributed by atoms with E-state index in [1.807, 2.05) is 0 Å². The van der Waals surface area contributed by atoms with E-state index in [2.05, 4.69) is 5.16 Å². The van der Waals surface area contributed by atoms with Gasteiger partial charge in [0.05, 0.1) is 18.5 Å². The third kappa shape index (κ3) is 2.89. The van der Waals surface area contributed by atoms with E-state index in [9.17, 15) is 4.39 Å². The summed E-state index contributed by atoms with van der Waals surface area (Å²) in [6, 6.07) is 4.32. The Labute approximate surface area is 103 Å². The van der Waals surface area contributed by atoms with Crippen molar-refractivity contribution in [2.75, 3.05) is 13.2 Å². The smallest absolute Gasteiger partial charge is 0.170 e. The molecular formula is C11H13FN2O2S. The molecule has 0 spiro atoms. The number of hydrogen-bond donors (Lipinski definition) is 2. The second-order valence-corrected chi connectivity index (χ2v) is 5.05. The van der Waals surface area contributed by atoms with Crippen molar-refractivity contribution < 1.29 is 14.3 Å². The highest BCUT2D eigenvalue weighted by atomic mass is 32.2. The number of halogens is 1. The molecule has 6 heteroatoms. The summed E-state index contributed by atoms with van der Waals surface area (Å²) in [5.74, 6) is 0.233. The predicted molar refractivity (Wildman–Crippen MR) is 64.8 cm³/mol. The van der Waals surface area contributed by atoms with Crippen molar-refractivity contribution in [2.45, 2.75) is 11.0 Å². The van der Waals surface area contributed by atoms with Crippen molar-refractivity contribution in [3.05, 3.63) is 35.1 Å². The SMILES string of the molecule is NC(=NO)c1cc(F)ccc1CSC1COC1. The van der Waals surface area contributed by atoms with E-state index in [4.69, 9.17) is 15.7 Å². The molecule has 1 heterocycles. The van der Waals surface area contributed by atoms with Gasteiger partial charge in [0.2, 0.25) is 0 Å². The van der Waals surface area contributed by atoms with Gasteiger partial charge >= 0.3 is 0 Å². The molecular weight excluding hydrogens is 243 g/mol. The largest absolute Gasteiger partial charge is 0.409 e. The van der Waals surface area contributed by atoms with E-state index in [0.29, 0.717) is 16.6 Å². The molecule has 0 unspecified atom stereocenters. The Kier molecular flexibility index (Phi) is 3.86. The van der Waals surface area contributed by atoms with Crippen LogP contribution in [0.4, 0.5) is 4.39 Å². The number of oxime groups is 1. The van der Waals surface area contributed by atoms with Gasteiger partial charge in [0.25, 0.3) is 0 Å². The van der Waals surface area contributed by atoms with E-state index in [0.717, 1.165) is 18.8 Å². The first kappa shape index (κ1) is 12.2. The molecule has 1 saturated heterocycles. The summed E-state index contributed by atoms with van der Waals surface area (Å²) in [7, 11) is 0.